The van der Waals surface area contributed by atoms with Gasteiger partial charge in [0.15, 0.2) is 0 Å². The highest BCUT2D eigenvalue weighted by atomic mass is 16.5. The predicted molar refractivity (Wildman–Crippen MR) is 127 cm³/mol. The lowest BCUT2D eigenvalue weighted by molar-refractivity contribution is 0.0945. The highest BCUT2D eigenvalue weighted by Gasteiger charge is 2.32. The van der Waals surface area contributed by atoms with Crippen LogP contribution in [0, 0.1) is 0 Å². The van der Waals surface area contributed by atoms with Crippen LogP contribution in [0.4, 0.5) is 0 Å². The number of ether oxygens (including phenoxy) is 1. The van der Waals surface area contributed by atoms with Crippen molar-refractivity contribution in [3.63, 3.8) is 0 Å². The summed E-state index contributed by atoms with van der Waals surface area (Å²) in [5.74, 6) is 0.441. The van der Waals surface area contributed by atoms with Crippen LogP contribution >= 0.6 is 0 Å². The normalized spacial score (nSPS) is 14.0. The van der Waals surface area contributed by atoms with Gasteiger partial charge in [0.25, 0.3) is 5.91 Å². The van der Waals surface area contributed by atoms with Crippen LogP contribution in [-0.4, -0.2) is 28.0 Å². The molecule has 1 amide bonds. The number of fused-ring (bicyclic) bond motifs is 4. The van der Waals surface area contributed by atoms with Crippen molar-refractivity contribution in [2.24, 2.45) is 0 Å². The Morgan fingerprint density at radius 3 is 2.64 bits per heavy atom. The third-order valence-electron chi connectivity index (χ3n) is 6.19. The molecule has 0 saturated heterocycles. The first kappa shape index (κ1) is 19.3. The average molecular weight is 432 g/mol. The molecule has 0 saturated carbocycles. The average Bonchev–Trinajstić information content (AvgIpc) is 3.47. The van der Waals surface area contributed by atoms with E-state index < -0.39 is 0 Å². The second kappa shape index (κ2) is 7.60. The molecule has 3 heterocycles. The summed E-state index contributed by atoms with van der Waals surface area (Å²) >= 11 is 0. The van der Waals surface area contributed by atoms with E-state index in [2.05, 4.69) is 44.5 Å². The van der Waals surface area contributed by atoms with E-state index in [1.807, 2.05) is 42.6 Å². The van der Waals surface area contributed by atoms with Gasteiger partial charge in [0.1, 0.15) is 5.65 Å². The van der Waals surface area contributed by atoms with Crippen LogP contribution in [0.25, 0.3) is 33.3 Å². The maximum absolute atomic E-state index is 13.4. The number of benzene rings is 2. The zero-order valence-corrected chi connectivity index (χ0v) is 17.9. The number of nitrogens with zero attached hydrogens (tertiary/aromatic N) is 2. The van der Waals surface area contributed by atoms with Crippen molar-refractivity contribution in [3.8, 4) is 28.1 Å². The minimum Gasteiger partial charge on any atom is -0.481 e. The van der Waals surface area contributed by atoms with Crippen LogP contribution in [0.5, 0.6) is 5.88 Å². The van der Waals surface area contributed by atoms with Gasteiger partial charge in [-0.25, -0.2) is 9.97 Å². The number of rotatable bonds is 4. The van der Waals surface area contributed by atoms with Gasteiger partial charge in [-0.05, 0) is 46.0 Å². The third-order valence-corrected chi connectivity index (χ3v) is 6.19. The lowest BCUT2D eigenvalue weighted by Gasteiger charge is -2.17. The summed E-state index contributed by atoms with van der Waals surface area (Å²) in [4.78, 5) is 25.1. The molecule has 6 nitrogen and oxygen atoms in total. The molecular formula is C27H20N4O2. The first-order valence-electron chi connectivity index (χ1n) is 10.7. The molecule has 5 aromatic rings. The van der Waals surface area contributed by atoms with E-state index in [1.54, 1.807) is 25.6 Å². The zero-order valence-electron chi connectivity index (χ0n) is 17.9. The Balaban J connectivity index is 1.45. The molecule has 0 bridgehead atoms. The van der Waals surface area contributed by atoms with Gasteiger partial charge >= 0.3 is 0 Å². The van der Waals surface area contributed by atoms with Gasteiger partial charge in [-0.1, -0.05) is 42.5 Å². The summed E-state index contributed by atoms with van der Waals surface area (Å²) in [7, 11) is 1.61. The number of hydrogen-bond acceptors (Lipinski definition) is 4. The Morgan fingerprint density at radius 2 is 1.79 bits per heavy atom. The molecule has 0 fully saturated rings. The molecule has 0 radical (unpaired) electrons. The standard InChI is InChI=1S/C27H20N4O2/c1-33-23-10-9-16(15-30-23)17-7-4-8-22-24(17)18-5-2-3-6-19(18)25(22)31-27(32)21-12-14-29-26-20(21)11-13-28-26/h2-15,25H,1H3,(H,28,29)(H,31,32). The van der Waals surface area contributed by atoms with Crippen molar-refractivity contribution in [2.45, 2.75) is 6.04 Å². The Labute approximate surface area is 190 Å². The molecule has 1 unspecified atom stereocenters. The molecule has 160 valence electrons. The Hall–Kier alpha value is -4.45. The fraction of sp³-hybridized carbons (Fsp3) is 0.0741. The number of carbonyl (C=O) groups is 1. The Kier molecular flexibility index (Phi) is 4.43. The number of nitrogens with one attached hydrogen (secondary N) is 2. The van der Waals surface area contributed by atoms with Gasteiger partial charge < -0.3 is 15.0 Å². The number of amides is 1. The van der Waals surface area contributed by atoms with Crippen LogP contribution < -0.4 is 10.1 Å². The van der Waals surface area contributed by atoms with E-state index in [0.29, 0.717) is 17.1 Å². The zero-order chi connectivity index (χ0) is 22.4. The quantitative estimate of drug-likeness (QED) is 0.412. The van der Waals surface area contributed by atoms with Crippen LogP contribution in [0.1, 0.15) is 27.5 Å². The van der Waals surface area contributed by atoms with Crippen molar-refractivity contribution < 1.29 is 9.53 Å². The van der Waals surface area contributed by atoms with Crippen molar-refractivity contribution in [2.75, 3.05) is 7.11 Å². The third kappa shape index (κ3) is 3.07. The minimum absolute atomic E-state index is 0.133. The molecule has 1 atom stereocenters. The number of aromatic nitrogens is 3. The molecule has 0 aliphatic heterocycles. The van der Waals surface area contributed by atoms with Gasteiger partial charge in [-0.3, -0.25) is 4.79 Å². The van der Waals surface area contributed by atoms with Gasteiger partial charge in [-0.15, -0.1) is 0 Å². The van der Waals surface area contributed by atoms with Gasteiger partial charge in [0, 0.05) is 35.6 Å². The van der Waals surface area contributed by atoms with Crippen LogP contribution in [-0.2, 0) is 0 Å². The van der Waals surface area contributed by atoms with E-state index >= 15 is 0 Å². The lowest BCUT2D eigenvalue weighted by Crippen LogP contribution is -2.28. The van der Waals surface area contributed by atoms with E-state index in [-0.39, 0.29) is 11.9 Å². The topological polar surface area (TPSA) is 79.9 Å². The van der Waals surface area contributed by atoms with Crippen molar-refractivity contribution >= 4 is 16.9 Å². The highest BCUT2D eigenvalue weighted by Crippen LogP contribution is 2.48. The molecule has 0 spiro atoms. The smallest absolute Gasteiger partial charge is 0.252 e. The summed E-state index contributed by atoms with van der Waals surface area (Å²) in [5, 5.41) is 4.08. The molecule has 6 rings (SSSR count). The highest BCUT2D eigenvalue weighted by molar-refractivity contribution is 6.06. The molecular weight excluding hydrogens is 412 g/mol. The molecule has 2 N–H and O–H groups in total. The second-order valence-corrected chi connectivity index (χ2v) is 7.95. The first-order chi connectivity index (χ1) is 16.2. The summed E-state index contributed by atoms with van der Waals surface area (Å²) in [5.41, 5.74) is 7.75. The van der Waals surface area contributed by atoms with Crippen molar-refractivity contribution in [1.29, 1.82) is 0 Å². The number of hydrogen-bond donors (Lipinski definition) is 2. The number of methoxy groups -OCH3 is 1. The molecule has 33 heavy (non-hydrogen) atoms. The van der Waals surface area contributed by atoms with E-state index in [9.17, 15) is 4.79 Å². The molecule has 2 aromatic carbocycles. The van der Waals surface area contributed by atoms with E-state index in [1.165, 1.54) is 0 Å². The maximum atomic E-state index is 13.4. The second-order valence-electron chi connectivity index (χ2n) is 7.95. The lowest BCUT2D eigenvalue weighted by atomic mass is 9.95. The van der Waals surface area contributed by atoms with Gasteiger partial charge in [-0.2, -0.15) is 0 Å². The maximum Gasteiger partial charge on any atom is 0.252 e. The summed E-state index contributed by atoms with van der Waals surface area (Å²) < 4.78 is 5.22. The minimum atomic E-state index is -0.253. The fourth-order valence-electron chi connectivity index (χ4n) is 4.68. The number of aromatic amines is 1. The first-order valence-corrected chi connectivity index (χ1v) is 10.7. The van der Waals surface area contributed by atoms with Gasteiger partial charge in [0.05, 0.1) is 18.7 Å². The molecule has 1 aliphatic rings. The van der Waals surface area contributed by atoms with Crippen molar-refractivity contribution in [1.82, 2.24) is 20.3 Å². The van der Waals surface area contributed by atoms with Crippen molar-refractivity contribution in [3.05, 3.63) is 102 Å². The van der Waals surface area contributed by atoms with Crippen LogP contribution in [0.3, 0.4) is 0 Å². The summed E-state index contributed by atoms with van der Waals surface area (Å²) in [6, 6.07) is 21.7. The monoisotopic (exact) mass is 432 g/mol. The molecule has 3 aromatic heterocycles. The molecule has 1 aliphatic carbocycles. The fourth-order valence-corrected chi connectivity index (χ4v) is 4.68. The van der Waals surface area contributed by atoms with E-state index in [4.69, 9.17) is 4.74 Å². The largest absolute Gasteiger partial charge is 0.481 e. The Bertz CT molecular complexity index is 1500. The number of pyridine rings is 2. The number of H-pyrrole nitrogens is 1. The SMILES string of the molecule is COc1ccc(-c2cccc3c2-c2ccccc2C3NC(=O)c2ccnc3[nH]ccc23)cn1. The van der Waals surface area contributed by atoms with Crippen LogP contribution in [0.2, 0.25) is 0 Å². The summed E-state index contributed by atoms with van der Waals surface area (Å²) in [6.45, 7) is 0. The Morgan fingerprint density at radius 1 is 0.939 bits per heavy atom. The number of carbonyl (C=O) groups excluding carboxylic acids is 1. The van der Waals surface area contributed by atoms with Crippen LogP contribution in [0.15, 0.2) is 85.3 Å². The van der Waals surface area contributed by atoms with Gasteiger partial charge in [0.2, 0.25) is 5.88 Å². The summed E-state index contributed by atoms with van der Waals surface area (Å²) in [6.07, 6.45) is 5.27. The predicted octanol–water partition coefficient (Wildman–Crippen LogP) is 5.13. The van der Waals surface area contributed by atoms with E-state index in [0.717, 1.165) is 38.8 Å². The molecule has 6 heteroatoms.